The van der Waals surface area contributed by atoms with Gasteiger partial charge in [-0.2, -0.15) is 0 Å². The minimum Gasteiger partial charge on any atom is -0.309 e. The third-order valence-electron chi connectivity index (χ3n) is 2.83. The lowest BCUT2D eigenvalue weighted by Crippen LogP contribution is -2.18. The Hall–Kier alpha value is -0.710. The Morgan fingerprint density at radius 1 is 1.17 bits per heavy atom. The Labute approximate surface area is 124 Å². The van der Waals surface area contributed by atoms with E-state index in [2.05, 4.69) is 60.4 Å². The molecule has 18 heavy (non-hydrogen) atoms. The van der Waals surface area contributed by atoms with Gasteiger partial charge in [-0.1, -0.05) is 44.0 Å². The number of pyridine rings is 1. The maximum atomic E-state index is 4.36. The van der Waals surface area contributed by atoms with Crippen molar-refractivity contribution in [3.63, 3.8) is 0 Å². The topological polar surface area (TPSA) is 24.9 Å². The molecule has 1 unspecified atom stereocenters. The Kier molecular flexibility index (Phi) is 4.54. The molecule has 0 amide bonds. The summed E-state index contributed by atoms with van der Waals surface area (Å²) >= 11 is 7.08. The molecule has 0 saturated carbocycles. The smallest absolute Gasteiger partial charge is 0.0600 e. The van der Waals surface area contributed by atoms with Crippen LogP contribution in [0.2, 0.25) is 0 Å². The van der Waals surface area contributed by atoms with Crippen molar-refractivity contribution in [1.82, 2.24) is 10.3 Å². The van der Waals surface area contributed by atoms with E-state index in [1.54, 1.807) is 0 Å². The average molecular weight is 370 g/mol. The standard InChI is InChI=1S/C14H14Br2N2/c1-9-3-4-10(8-18-9)14(17-2)12-6-5-11(15)7-13(12)16/h3-8,14,17H,1-2H3. The molecule has 2 aromatic rings. The minimum absolute atomic E-state index is 0.139. The lowest BCUT2D eigenvalue weighted by atomic mass is 10.0. The highest BCUT2D eigenvalue weighted by Gasteiger charge is 2.15. The molecular weight excluding hydrogens is 356 g/mol. The predicted molar refractivity (Wildman–Crippen MR) is 81.7 cm³/mol. The molecule has 0 saturated heterocycles. The second kappa shape index (κ2) is 5.95. The normalized spacial score (nSPS) is 12.4. The third-order valence-corrected chi connectivity index (χ3v) is 4.01. The van der Waals surface area contributed by atoms with Crippen molar-refractivity contribution < 1.29 is 0 Å². The molecule has 94 valence electrons. The molecule has 2 rings (SSSR count). The highest BCUT2D eigenvalue weighted by atomic mass is 79.9. The van der Waals surface area contributed by atoms with Crippen molar-refractivity contribution in [3.05, 3.63) is 62.3 Å². The van der Waals surface area contributed by atoms with Crippen molar-refractivity contribution in [2.24, 2.45) is 0 Å². The van der Waals surface area contributed by atoms with Crippen LogP contribution in [0.4, 0.5) is 0 Å². The molecule has 1 atom stereocenters. The SMILES string of the molecule is CNC(c1ccc(C)nc1)c1ccc(Br)cc1Br. The van der Waals surface area contributed by atoms with Crippen LogP contribution in [0.25, 0.3) is 0 Å². The first-order valence-electron chi connectivity index (χ1n) is 5.66. The Morgan fingerprint density at radius 3 is 2.50 bits per heavy atom. The first kappa shape index (κ1) is 13.7. The Bertz CT molecular complexity index is 538. The zero-order valence-corrected chi connectivity index (χ0v) is 13.4. The molecule has 0 spiro atoms. The van der Waals surface area contributed by atoms with Crippen molar-refractivity contribution in [3.8, 4) is 0 Å². The minimum atomic E-state index is 0.139. The number of rotatable bonds is 3. The molecule has 1 N–H and O–H groups in total. The lowest BCUT2D eigenvalue weighted by molar-refractivity contribution is 0.685. The van der Waals surface area contributed by atoms with Gasteiger partial charge >= 0.3 is 0 Å². The highest BCUT2D eigenvalue weighted by Crippen LogP contribution is 2.30. The number of aryl methyl sites for hydroxylation is 1. The molecule has 0 aliphatic heterocycles. The summed E-state index contributed by atoms with van der Waals surface area (Å²) in [6.45, 7) is 1.99. The van der Waals surface area contributed by atoms with Gasteiger partial charge < -0.3 is 5.32 Å². The molecule has 0 aliphatic carbocycles. The first-order chi connectivity index (χ1) is 8.61. The van der Waals surface area contributed by atoms with E-state index in [4.69, 9.17) is 0 Å². The van der Waals surface area contributed by atoms with Gasteiger partial charge in [-0.3, -0.25) is 4.98 Å². The number of nitrogens with one attached hydrogen (secondary N) is 1. The quantitative estimate of drug-likeness (QED) is 0.875. The van der Waals surface area contributed by atoms with Crippen molar-refractivity contribution in [1.29, 1.82) is 0 Å². The van der Waals surface area contributed by atoms with Gasteiger partial charge in [-0.05, 0) is 43.3 Å². The van der Waals surface area contributed by atoms with Gasteiger partial charge in [0.15, 0.2) is 0 Å². The summed E-state index contributed by atoms with van der Waals surface area (Å²) in [7, 11) is 1.96. The fraction of sp³-hybridized carbons (Fsp3) is 0.214. The van der Waals surface area contributed by atoms with Gasteiger partial charge in [-0.25, -0.2) is 0 Å². The summed E-state index contributed by atoms with van der Waals surface area (Å²) in [5.74, 6) is 0. The number of halogens is 2. The number of nitrogens with zero attached hydrogens (tertiary/aromatic N) is 1. The maximum Gasteiger partial charge on any atom is 0.0600 e. The second-order valence-electron chi connectivity index (χ2n) is 4.12. The van der Waals surface area contributed by atoms with Crippen LogP contribution < -0.4 is 5.32 Å². The molecule has 4 heteroatoms. The van der Waals surface area contributed by atoms with Crippen LogP contribution in [0.1, 0.15) is 22.9 Å². The van der Waals surface area contributed by atoms with Crippen LogP contribution in [0.3, 0.4) is 0 Å². The molecule has 0 aliphatic rings. The van der Waals surface area contributed by atoms with Crippen LogP contribution in [0.5, 0.6) is 0 Å². The second-order valence-corrected chi connectivity index (χ2v) is 5.89. The number of benzene rings is 1. The van der Waals surface area contributed by atoms with Gasteiger partial charge in [-0.15, -0.1) is 0 Å². The van der Waals surface area contributed by atoms with Gasteiger partial charge in [0.05, 0.1) is 6.04 Å². The van der Waals surface area contributed by atoms with E-state index in [1.807, 2.05) is 32.3 Å². The molecular formula is C14H14Br2N2. The summed E-state index contributed by atoms with van der Waals surface area (Å²) in [5.41, 5.74) is 3.39. The number of hydrogen-bond acceptors (Lipinski definition) is 2. The van der Waals surface area contributed by atoms with E-state index in [9.17, 15) is 0 Å². The molecule has 2 nitrogen and oxygen atoms in total. The fourth-order valence-corrected chi connectivity index (χ4v) is 3.16. The molecule has 1 aromatic carbocycles. The maximum absolute atomic E-state index is 4.36. The summed E-state index contributed by atoms with van der Waals surface area (Å²) in [4.78, 5) is 4.36. The van der Waals surface area contributed by atoms with E-state index in [-0.39, 0.29) is 6.04 Å². The summed E-state index contributed by atoms with van der Waals surface area (Å²) in [5, 5.41) is 3.33. The zero-order valence-electron chi connectivity index (χ0n) is 10.2. The Morgan fingerprint density at radius 2 is 1.94 bits per heavy atom. The zero-order chi connectivity index (χ0) is 13.1. The molecule has 0 radical (unpaired) electrons. The molecule has 1 heterocycles. The number of hydrogen-bond donors (Lipinski definition) is 1. The highest BCUT2D eigenvalue weighted by molar-refractivity contribution is 9.11. The fourth-order valence-electron chi connectivity index (χ4n) is 1.89. The van der Waals surface area contributed by atoms with Crippen LogP contribution in [-0.4, -0.2) is 12.0 Å². The predicted octanol–water partition coefficient (Wildman–Crippen LogP) is 4.22. The lowest BCUT2D eigenvalue weighted by Gasteiger charge is -2.18. The van der Waals surface area contributed by atoms with E-state index in [0.717, 1.165) is 20.2 Å². The first-order valence-corrected chi connectivity index (χ1v) is 7.25. The molecule has 0 bridgehead atoms. The monoisotopic (exact) mass is 368 g/mol. The van der Waals surface area contributed by atoms with Gasteiger partial charge in [0, 0.05) is 20.8 Å². The summed E-state index contributed by atoms with van der Waals surface area (Å²) in [6.07, 6.45) is 1.92. The van der Waals surface area contributed by atoms with Crippen molar-refractivity contribution >= 4 is 31.9 Å². The Balaban J connectivity index is 2.41. The van der Waals surface area contributed by atoms with Crippen LogP contribution in [-0.2, 0) is 0 Å². The van der Waals surface area contributed by atoms with E-state index in [0.29, 0.717) is 0 Å². The van der Waals surface area contributed by atoms with E-state index < -0.39 is 0 Å². The summed E-state index contributed by atoms with van der Waals surface area (Å²) < 4.78 is 2.15. The van der Waals surface area contributed by atoms with Gasteiger partial charge in [0.1, 0.15) is 0 Å². The third kappa shape index (κ3) is 2.99. The largest absolute Gasteiger partial charge is 0.309 e. The molecule has 0 fully saturated rings. The average Bonchev–Trinajstić information content (AvgIpc) is 2.35. The number of aromatic nitrogens is 1. The molecule has 1 aromatic heterocycles. The van der Waals surface area contributed by atoms with Crippen molar-refractivity contribution in [2.75, 3.05) is 7.05 Å². The van der Waals surface area contributed by atoms with Gasteiger partial charge in [0.2, 0.25) is 0 Å². The van der Waals surface area contributed by atoms with E-state index in [1.165, 1.54) is 5.56 Å². The van der Waals surface area contributed by atoms with E-state index >= 15 is 0 Å². The van der Waals surface area contributed by atoms with Crippen LogP contribution in [0.15, 0.2) is 45.5 Å². The van der Waals surface area contributed by atoms with Crippen LogP contribution in [0, 0.1) is 6.92 Å². The summed E-state index contributed by atoms with van der Waals surface area (Å²) in [6, 6.07) is 10.5. The van der Waals surface area contributed by atoms with Gasteiger partial charge in [0.25, 0.3) is 0 Å². The van der Waals surface area contributed by atoms with Crippen LogP contribution >= 0.6 is 31.9 Å². The van der Waals surface area contributed by atoms with Crippen molar-refractivity contribution in [2.45, 2.75) is 13.0 Å².